The maximum atomic E-state index is 13.7. The van der Waals surface area contributed by atoms with E-state index in [1.165, 1.54) is 11.9 Å². The zero-order valence-corrected chi connectivity index (χ0v) is 30.8. The highest BCUT2D eigenvalue weighted by Gasteiger charge is 2.51. The van der Waals surface area contributed by atoms with Gasteiger partial charge in [-0.15, -0.1) is 0 Å². The van der Waals surface area contributed by atoms with Crippen molar-refractivity contribution in [3.8, 4) is 0 Å². The zero-order chi connectivity index (χ0) is 34.4. The summed E-state index contributed by atoms with van der Waals surface area (Å²) in [5.74, 6) is -0.180. The first-order valence-corrected chi connectivity index (χ1v) is 17.5. The summed E-state index contributed by atoms with van der Waals surface area (Å²) in [7, 11) is 5.74. The quantitative estimate of drug-likeness (QED) is 0.193. The molecule has 0 radical (unpaired) electrons. The molecule has 252 valence electrons. The molecular weight excluding hydrogens is 700 g/mol. The number of hydrogen-bond donors (Lipinski definition) is 1. The molecule has 3 aromatic rings. The number of hydrogen-bond acceptors (Lipinski definition) is 7. The molecule has 2 saturated heterocycles. The van der Waals surface area contributed by atoms with Crippen LogP contribution >= 0.6 is 58.4 Å². The third-order valence-electron chi connectivity index (χ3n) is 8.10. The Labute approximate surface area is 301 Å². The van der Waals surface area contributed by atoms with Crippen molar-refractivity contribution in [2.75, 3.05) is 39.1 Å². The van der Waals surface area contributed by atoms with E-state index in [1.54, 1.807) is 36.2 Å². The Morgan fingerprint density at radius 3 is 2.15 bits per heavy atom. The molecule has 0 spiro atoms. The molecule has 2 amide bonds. The van der Waals surface area contributed by atoms with Crippen molar-refractivity contribution in [3.05, 3.63) is 91.9 Å². The molecule has 13 heteroatoms. The van der Waals surface area contributed by atoms with Gasteiger partial charge >= 0.3 is 0 Å². The normalized spacial score (nSPS) is 19.7. The molecule has 2 aliphatic heterocycles. The third kappa shape index (κ3) is 9.15. The molecule has 2 heterocycles. The molecular formula is C34H39Cl4N5O3S. The fourth-order valence-electron chi connectivity index (χ4n) is 5.52. The average Bonchev–Trinajstić information content (AvgIpc) is 3.03. The summed E-state index contributed by atoms with van der Waals surface area (Å²) in [5.41, 5.74) is 3.06. The summed E-state index contributed by atoms with van der Waals surface area (Å²) >= 11 is 26.4. The van der Waals surface area contributed by atoms with Crippen LogP contribution in [0.3, 0.4) is 0 Å². The minimum Gasteiger partial charge on any atom is -0.378 e. The number of carbonyl (C=O) groups excluding carboxylic acids is 3. The van der Waals surface area contributed by atoms with Crippen molar-refractivity contribution in [1.29, 1.82) is 0 Å². The van der Waals surface area contributed by atoms with Gasteiger partial charge in [0.25, 0.3) is 0 Å². The van der Waals surface area contributed by atoms with E-state index in [2.05, 4.69) is 9.62 Å². The topological polar surface area (TPSA) is 76.2 Å². The number of halogens is 4. The highest BCUT2D eigenvalue weighted by Crippen LogP contribution is 2.38. The molecule has 2 fully saturated rings. The van der Waals surface area contributed by atoms with Gasteiger partial charge in [0.05, 0.1) is 21.6 Å². The standard InChI is InChI=1S/C24H26Cl4N4O2S.C10H13NO/c1-13(2)30-12-22-31(35-21-7-5-15(25)10-18(21)28)11-19(29-3)23(33)32(22)20(24(30)34)9-14-4-6-16(26)17(27)8-14;1-11(2)10-5-3-9(4-6-10)7-8-12/h4-8,10,13,19-20,22,29H,9,11-12H2,1-3H3;3-6,8H,7H2,1-2H3. The van der Waals surface area contributed by atoms with E-state index in [9.17, 15) is 14.4 Å². The van der Waals surface area contributed by atoms with E-state index in [0.717, 1.165) is 28.0 Å². The minimum absolute atomic E-state index is 0.0240. The number of anilines is 1. The number of piperazine rings is 1. The number of likely N-dealkylation sites (N-methyl/N-ethyl adjacent to an activating group) is 1. The molecule has 0 aromatic heterocycles. The number of rotatable bonds is 9. The van der Waals surface area contributed by atoms with Crippen LogP contribution in [0.1, 0.15) is 25.0 Å². The number of aldehydes is 1. The Morgan fingerprint density at radius 2 is 1.57 bits per heavy atom. The predicted octanol–water partition coefficient (Wildman–Crippen LogP) is 6.72. The molecule has 1 N–H and O–H groups in total. The molecule has 0 saturated carbocycles. The lowest BCUT2D eigenvalue weighted by Gasteiger charge is -2.54. The highest BCUT2D eigenvalue weighted by atomic mass is 35.5. The lowest BCUT2D eigenvalue weighted by Crippen LogP contribution is -2.74. The smallest absolute Gasteiger partial charge is 0.246 e. The van der Waals surface area contributed by atoms with Gasteiger partial charge in [-0.25, -0.2) is 4.31 Å². The van der Waals surface area contributed by atoms with E-state index in [1.807, 2.05) is 74.1 Å². The summed E-state index contributed by atoms with van der Waals surface area (Å²) in [5, 5.41) is 5.06. The minimum atomic E-state index is -0.680. The Morgan fingerprint density at radius 1 is 0.894 bits per heavy atom. The van der Waals surface area contributed by atoms with E-state index >= 15 is 0 Å². The maximum Gasteiger partial charge on any atom is 0.246 e. The Hall–Kier alpha value is -2.50. The van der Waals surface area contributed by atoms with Crippen LogP contribution in [0.5, 0.6) is 0 Å². The van der Waals surface area contributed by atoms with Crippen molar-refractivity contribution in [2.24, 2.45) is 0 Å². The Bertz CT molecular complexity index is 1580. The van der Waals surface area contributed by atoms with Gasteiger partial charge in [-0.1, -0.05) is 64.6 Å². The third-order valence-corrected chi connectivity index (χ3v) is 10.7. The maximum absolute atomic E-state index is 13.7. The fourth-order valence-corrected chi connectivity index (χ4v) is 7.39. The Balaban J connectivity index is 0.000000351. The summed E-state index contributed by atoms with van der Waals surface area (Å²) in [6, 6.07) is 17.5. The van der Waals surface area contributed by atoms with Crippen LogP contribution in [-0.2, 0) is 27.2 Å². The zero-order valence-electron chi connectivity index (χ0n) is 26.9. The average molecular weight is 740 g/mol. The second kappa shape index (κ2) is 16.7. The van der Waals surface area contributed by atoms with Gasteiger partial charge in [0.2, 0.25) is 11.8 Å². The number of benzene rings is 3. The molecule has 0 bridgehead atoms. The van der Waals surface area contributed by atoms with Crippen LogP contribution < -0.4 is 10.2 Å². The monoisotopic (exact) mass is 737 g/mol. The van der Waals surface area contributed by atoms with E-state index < -0.39 is 12.1 Å². The van der Waals surface area contributed by atoms with E-state index in [4.69, 9.17) is 46.4 Å². The fraction of sp³-hybridized carbons (Fsp3) is 0.382. The number of nitrogens with zero attached hydrogens (tertiary/aromatic N) is 4. The van der Waals surface area contributed by atoms with Gasteiger partial charge in [0, 0.05) is 55.1 Å². The number of fused-ring (bicyclic) bond motifs is 1. The number of carbonyl (C=O) groups is 3. The summed E-state index contributed by atoms with van der Waals surface area (Å²) < 4.78 is 2.13. The van der Waals surface area contributed by atoms with Crippen molar-refractivity contribution in [2.45, 2.75) is 55.9 Å². The number of nitrogens with one attached hydrogen (secondary N) is 1. The van der Waals surface area contributed by atoms with E-state index in [-0.39, 0.29) is 24.0 Å². The predicted molar refractivity (Wildman–Crippen MR) is 194 cm³/mol. The molecule has 0 aliphatic carbocycles. The van der Waals surface area contributed by atoms with Gasteiger partial charge in [0.1, 0.15) is 24.5 Å². The van der Waals surface area contributed by atoms with Crippen molar-refractivity contribution in [3.63, 3.8) is 0 Å². The molecule has 3 unspecified atom stereocenters. The molecule has 8 nitrogen and oxygen atoms in total. The van der Waals surface area contributed by atoms with Gasteiger partial charge in [-0.2, -0.15) is 0 Å². The number of amides is 2. The van der Waals surface area contributed by atoms with Crippen LogP contribution in [0.2, 0.25) is 20.1 Å². The first-order valence-electron chi connectivity index (χ1n) is 15.2. The van der Waals surface area contributed by atoms with Gasteiger partial charge in [0.15, 0.2) is 0 Å². The lowest BCUT2D eigenvalue weighted by molar-refractivity contribution is -0.168. The van der Waals surface area contributed by atoms with Crippen LogP contribution in [-0.4, -0.2) is 90.7 Å². The van der Waals surface area contributed by atoms with Crippen molar-refractivity contribution in [1.82, 2.24) is 19.4 Å². The van der Waals surface area contributed by atoms with Gasteiger partial charge in [-0.3, -0.25) is 9.59 Å². The van der Waals surface area contributed by atoms with Crippen molar-refractivity contribution < 1.29 is 14.4 Å². The SMILES string of the molecule is CN(C)c1ccc(CC=O)cc1.CNC1CN(Sc2ccc(Cl)cc2Cl)C2CN(C(C)C)C(=O)C(Cc3ccc(Cl)c(Cl)c3)N2C1=O. The second-order valence-corrected chi connectivity index (χ2v) is 14.6. The molecule has 2 aliphatic rings. The molecule has 47 heavy (non-hydrogen) atoms. The Kier molecular flexibility index (Phi) is 13.3. The molecule has 3 aromatic carbocycles. The highest BCUT2D eigenvalue weighted by molar-refractivity contribution is 7.97. The van der Waals surface area contributed by atoms with Crippen molar-refractivity contribution >= 4 is 82.1 Å². The summed E-state index contributed by atoms with van der Waals surface area (Å²) in [4.78, 5) is 43.9. The van der Waals surface area contributed by atoms with Crippen LogP contribution in [0.15, 0.2) is 65.6 Å². The first kappa shape index (κ1) is 37.3. The first-order chi connectivity index (χ1) is 22.3. The van der Waals surface area contributed by atoms with E-state index in [0.29, 0.717) is 46.0 Å². The lowest BCUT2D eigenvalue weighted by atomic mass is 9.96. The van der Waals surface area contributed by atoms with Gasteiger partial charge in [-0.05, 0) is 86.4 Å². The van der Waals surface area contributed by atoms with Crippen LogP contribution in [0.4, 0.5) is 5.69 Å². The summed E-state index contributed by atoms with van der Waals surface area (Å²) in [6.07, 6.45) is 1.42. The summed E-state index contributed by atoms with van der Waals surface area (Å²) in [6.45, 7) is 4.82. The van der Waals surface area contributed by atoms with Crippen LogP contribution in [0, 0.1) is 0 Å². The second-order valence-electron chi connectivity index (χ2n) is 11.8. The molecule has 5 rings (SSSR count). The largest absolute Gasteiger partial charge is 0.378 e. The van der Waals surface area contributed by atoms with Gasteiger partial charge < -0.3 is 24.8 Å². The molecule has 3 atom stereocenters. The van der Waals surface area contributed by atoms with Crippen LogP contribution in [0.25, 0.3) is 0 Å².